The summed E-state index contributed by atoms with van der Waals surface area (Å²) >= 11 is 1.63. The summed E-state index contributed by atoms with van der Waals surface area (Å²) in [7, 11) is 0. The van der Waals surface area contributed by atoms with E-state index in [9.17, 15) is 9.59 Å². The molecule has 2 amide bonds. The summed E-state index contributed by atoms with van der Waals surface area (Å²) in [4.78, 5) is 25.3. The Morgan fingerprint density at radius 1 is 1.26 bits per heavy atom. The zero-order valence-corrected chi connectivity index (χ0v) is 12.1. The average Bonchev–Trinajstić information content (AvgIpc) is 2.80. The van der Waals surface area contributed by atoms with Gasteiger partial charge in [0.2, 0.25) is 11.8 Å². The van der Waals surface area contributed by atoms with E-state index < -0.39 is 11.4 Å². The number of amides is 2. The van der Waals surface area contributed by atoms with E-state index in [0.717, 1.165) is 32.4 Å². The Hall–Kier alpha value is -0.750. The average molecular weight is 285 g/mol. The minimum absolute atomic E-state index is 0.221. The van der Waals surface area contributed by atoms with Crippen LogP contribution >= 0.6 is 11.8 Å². The minimum atomic E-state index is -0.855. The predicted octanol–water partition coefficient (Wildman–Crippen LogP) is 0.467. The summed E-state index contributed by atoms with van der Waals surface area (Å²) in [6.07, 6.45) is 5.57. The van der Waals surface area contributed by atoms with Crippen LogP contribution in [0.15, 0.2) is 0 Å². The molecule has 0 radical (unpaired) electrons. The van der Waals surface area contributed by atoms with Crippen molar-refractivity contribution in [2.45, 2.75) is 49.3 Å². The fourth-order valence-corrected chi connectivity index (χ4v) is 4.08. The number of likely N-dealkylation sites (tertiary alicyclic amines) is 1. The van der Waals surface area contributed by atoms with Crippen LogP contribution in [0.25, 0.3) is 0 Å². The van der Waals surface area contributed by atoms with Gasteiger partial charge in [-0.05, 0) is 38.5 Å². The van der Waals surface area contributed by atoms with Crippen LogP contribution in [0.4, 0.5) is 0 Å². The van der Waals surface area contributed by atoms with E-state index in [4.69, 9.17) is 11.5 Å². The van der Waals surface area contributed by atoms with Crippen molar-refractivity contribution in [1.82, 2.24) is 4.90 Å². The van der Waals surface area contributed by atoms with Gasteiger partial charge in [0.15, 0.2) is 0 Å². The van der Waals surface area contributed by atoms with E-state index in [-0.39, 0.29) is 11.2 Å². The monoisotopic (exact) mass is 285 g/mol. The molecular weight excluding hydrogens is 262 g/mol. The lowest BCUT2D eigenvalue weighted by molar-refractivity contribution is -0.129. The third-order valence-corrected chi connectivity index (χ3v) is 5.43. The van der Waals surface area contributed by atoms with Crippen LogP contribution in [0.2, 0.25) is 0 Å². The zero-order chi connectivity index (χ0) is 13.9. The summed E-state index contributed by atoms with van der Waals surface area (Å²) in [6, 6.07) is 0. The van der Waals surface area contributed by atoms with Crippen LogP contribution in [0.3, 0.4) is 0 Å². The molecule has 5 nitrogen and oxygen atoms in total. The molecule has 1 aliphatic heterocycles. The van der Waals surface area contributed by atoms with Gasteiger partial charge in [0.25, 0.3) is 0 Å². The fraction of sp³-hybridized carbons (Fsp3) is 0.846. The van der Waals surface area contributed by atoms with Crippen molar-refractivity contribution in [1.29, 1.82) is 0 Å². The van der Waals surface area contributed by atoms with Gasteiger partial charge in [-0.25, -0.2) is 0 Å². The van der Waals surface area contributed by atoms with Crippen LogP contribution in [0.5, 0.6) is 0 Å². The summed E-state index contributed by atoms with van der Waals surface area (Å²) in [5.74, 6) is 0.302. The van der Waals surface area contributed by atoms with Gasteiger partial charge >= 0.3 is 0 Å². The first-order valence-electron chi connectivity index (χ1n) is 6.99. The lowest BCUT2D eigenvalue weighted by Crippen LogP contribution is -2.50. The Labute approximate surface area is 118 Å². The number of carbonyl (C=O) groups excluding carboxylic acids is 2. The van der Waals surface area contributed by atoms with E-state index in [2.05, 4.69) is 0 Å². The summed E-state index contributed by atoms with van der Waals surface area (Å²) < 4.78 is 0. The number of carbonyl (C=O) groups is 2. The SMILES string of the molecule is NC(=O)C1(N)CCC(SCC(=O)N2CCCCC2)C1. The molecule has 19 heavy (non-hydrogen) atoms. The quantitative estimate of drug-likeness (QED) is 0.785. The molecule has 1 aliphatic carbocycles. The smallest absolute Gasteiger partial charge is 0.237 e. The van der Waals surface area contributed by atoms with Crippen molar-refractivity contribution in [2.75, 3.05) is 18.8 Å². The maximum atomic E-state index is 12.0. The van der Waals surface area contributed by atoms with Crippen molar-refractivity contribution in [2.24, 2.45) is 11.5 Å². The first kappa shape index (κ1) is 14.7. The molecule has 2 aliphatic rings. The lowest BCUT2D eigenvalue weighted by Gasteiger charge is -2.27. The van der Waals surface area contributed by atoms with Crippen molar-refractivity contribution in [3.63, 3.8) is 0 Å². The maximum absolute atomic E-state index is 12.0. The number of rotatable bonds is 4. The van der Waals surface area contributed by atoms with Gasteiger partial charge in [-0.3, -0.25) is 9.59 Å². The van der Waals surface area contributed by atoms with Gasteiger partial charge < -0.3 is 16.4 Å². The molecule has 2 atom stereocenters. The van der Waals surface area contributed by atoms with Crippen molar-refractivity contribution in [3.05, 3.63) is 0 Å². The molecule has 0 bridgehead atoms. The standard InChI is InChI=1S/C13H23N3O2S/c14-12(18)13(15)5-4-10(8-13)19-9-11(17)16-6-2-1-3-7-16/h10H,1-9,15H2,(H2,14,18). The summed E-state index contributed by atoms with van der Waals surface area (Å²) in [5, 5.41) is 0.284. The van der Waals surface area contributed by atoms with Crippen molar-refractivity contribution in [3.8, 4) is 0 Å². The van der Waals surface area contributed by atoms with E-state index >= 15 is 0 Å². The molecule has 4 N–H and O–H groups in total. The number of nitrogens with two attached hydrogens (primary N) is 2. The molecule has 0 aromatic carbocycles. The molecule has 6 heteroatoms. The zero-order valence-electron chi connectivity index (χ0n) is 11.3. The highest BCUT2D eigenvalue weighted by atomic mass is 32.2. The largest absolute Gasteiger partial charge is 0.368 e. The van der Waals surface area contributed by atoms with Crippen LogP contribution in [0, 0.1) is 0 Å². The summed E-state index contributed by atoms with van der Waals surface area (Å²) in [5.41, 5.74) is 10.4. The maximum Gasteiger partial charge on any atom is 0.237 e. The van der Waals surface area contributed by atoms with Crippen LogP contribution in [0.1, 0.15) is 38.5 Å². The highest BCUT2D eigenvalue weighted by Crippen LogP contribution is 2.35. The van der Waals surface area contributed by atoms with Crippen LogP contribution < -0.4 is 11.5 Å². The highest BCUT2D eigenvalue weighted by molar-refractivity contribution is 8.00. The van der Waals surface area contributed by atoms with E-state index in [1.54, 1.807) is 11.8 Å². The number of nitrogens with zero attached hydrogens (tertiary/aromatic N) is 1. The van der Waals surface area contributed by atoms with Gasteiger partial charge in [-0.1, -0.05) is 0 Å². The Kier molecular flexibility index (Phi) is 4.73. The third kappa shape index (κ3) is 3.63. The number of hydrogen-bond donors (Lipinski definition) is 2. The van der Waals surface area contributed by atoms with E-state index in [1.165, 1.54) is 6.42 Å². The Bertz CT molecular complexity index is 358. The number of piperidine rings is 1. The minimum Gasteiger partial charge on any atom is -0.368 e. The molecule has 0 spiro atoms. The first-order chi connectivity index (χ1) is 9.01. The molecule has 1 saturated carbocycles. The number of thioether (sulfide) groups is 1. The Balaban J connectivity index is 1.74. The predicted molar refractivity (Wildman–Crippen MR) is 76.6 cm³/mol. The molecule has 108 valence electrons. The number of hydrogen-bond acceptors (Lipinski definition) is 4. The Morgan fingerprint density at radius 2 is 1.95 bits per heavy atom. The van der Waals surface area contributed by atoms with Gasteiger partial charge in [-0.2, -0.15) is 0 Å². The van der Waals surface area contributed by atoms with E-state index in [1.807, 2.05) is 4.90 Å². The third-order valence-electron chi connectivity index (χ3n) is 4.15. The second kappa shape index (κ2) is 6.13. The van der Waals surface area contributed by atoms with Crippen molar-refractivity contribution < 1.29 is 9.59 Å². The normalized spacial score (nSPS) is 31.4. The number of primary amides is 1. The molecule has 1 saturated heterocycles. The second-order valence-corrected chi connectivity index (χ2v) is 6.93. The highest BCUT2D eigenvalue weighted by Gasteiger charge is 2.40. The van der Waals surface area contributed by atoms with E-state index in [0.29, 0.717) is 18.6 Å². The fourth-order valence-electron chi connectivity index (χ4n) is 2.82. The van der Waals surface area contributed by atoms with Gasteiger partial charge in [0, 0.05) is 18.3 Å². The van der Waals surface area contributed by atoms with Crippen molar-refractivity contribution >= 4 is 23.6 Å². The molecule has 2 fully saturated rings. The van der Waals surface area contributed by atoms with Gasteiger partial charge in [-0.15, -0.1) is 11.8 Å². The van der Waals surface area contributed by atoms with Gasteiger partial charge in [0.1, 0.15) is 0 Å². The molecule has 2 rings (SSSR count). The second-order valence-electron chi connectivity index (χ2n) is 5.64. The molecular formula is C13H23N3O2S. The topological polar surface area (TPSA) is 89.4 Å². The lowest BCUT2D eigenvalue weighted by atomic mass is 9.99. The van der Waals surface area contributed by atoms with Gasteiger partial charge in [0.05, 0.1) is 11.3 Å². The van der Waals surface area contributed by atoms with Crippen LogP contribution in [-0.2, 0) is 9.59 Å². The molecule has 0 aromatic rings. The first-order valence-corrected chi connectivity index (χ1v) is 8.04. The Morgan fingerprint density at radius 3 is 2.53 bits per heavy atom. The molecule has 0 aromatic heterocycles. The molecule has 1 heterocycles. The van der Waals surface area contributed by atoms with Crippen LogP contribution in [-0.4, -0.2) is 46.3 Å². The summed E-state index contributed by atoms with van der Waals surface area (Å²) in [6.45, 7) is 1.79. The molecule has 2 unspecified atom stereocenters.